The van der Waals surface area contributed by atoms with Gasteiger partial charge < -0.3 is 19.3 Å². The maximum absolute atomic E-state index is 11.6. The molecule has 0 fully saturated rings. The molecule has 0 saturated heterocycles. The van der Waals surface area contributed by atoms with Crippen molar-refractivity contribution in [3.8, 4) is 11.8 Å². The summed E-state index contributed by atoms with van der Waals surface area (Å²) in [6.45, 7) is 0. The molecule has 0 radical (unpaired) electrons. The second-order valence-electron chi connectivity index (χ2n) is 3.81. The lowest BCUT2D eigenvalue weighted by molar-refractivity contribution is -0.188. The van der Waals surface area contributed by atoms with E-state index in [9.17, 15) is 9.90 Å². The van der Waals surface area contributed by atoms with Gasteiger partial charge in [0.05, 0.1) is 13.0 Å². The lowest BCUT2D eigenvalue weighted by Crippen LogP contribution is -2.40. The maximum Gasteiger partial charge on any atom is 0.312 e. The molecule has 0 amide bonds. The summed E-state index contributed by atoms with van der Waals surface area (Å²) in [4.78, 5) is 11.6. The number of carbonyl (C=O) groups excluding carboxylic acids is 1. The van der Waals surface area contributed by atoms with Gasteiger partial charge in [0.1, 0.15) is 6.10 Å². The molecule has 0 aliphatic carbocycles. The molecular weight excluding hydrogens is 272 g/mol. The number of aliphatic hydroxyl groups excluding tert-OH is 1. The van der Waals surface area contributed by atoms with Gasteiger partial charge in [-0.3, -0.25) is 4.79 Å². The van der Waals surface area contributed by atoms with E-state index in [0.717, 1.165) is 6.42 Å². The Bertz CT molecular complexity index is 306. The van der Waals surface area contributed by atoms with Gasteiger partial charge in [-0.25, -0.2) is 0 Å². The first-order valence-electron chi connectivity index (χ1n) is 5.95. The third-order valence-electron chi connectivity index (χ3n) is 2.54. The normalized spacial score (nSPS) is 13.6. The Morgan fingerprint density at radius 3 is 2.37 bits per heavy atom. The molecule has 2 unspecified atom stereocenters. The molecule has 0 aliphatic rings. The molecule has 0 aromatic carbocycles. The molecule has 0 saturated carbocycles. The first-order chi connectivity index (χ1) is 9.12. The number of rotatable bonds is 8. The Morgan fingerprint density at radius 1 is 1.26 bits per heavy atom. The third kappa shape index (κ3) is 6.79. The Hall–Kier alpha value is -0.800. The Kier molecular flexibility index (Phi) is 10.6. The van der Waals surface area contributed by atoms with Crippen molar-refractivity contribution in [1.29, 1.82) is 0 Å². The summed E-state index contributed by atoms with van der Waals surface area (Å²) in [5.41, 5.74) is 0. The molecule has 0 bridgehead atoms. The van der Waals surface area contributed by atoms with Gasteiger partial charge in [-0.05, 0) is 6.42 Å². The predicted octanol–water partition coefficient (Wildman–Crippen LogP) is 1.17. The van der Waals surface area contributed by atoms with Crippen molar-refractivity contribution in [2.45, 2.75) is 31.7 Å². The Balaban J connectivity index is 4.61. The number of aliphatic hydroxyl groups is 1. The van der Waals surface area contributed by atoms with E-state index in [1.807, 2.05) is 0 Å². The number of esters is 1. The molecule has 19 heavy (non-hydrogen) atoms. The molecule has 5 nitrogen and oxygen atoms in total. The fourth-order valence-electron chi connectivity index (χ4n) is 1.49. The van der Waals surface area contributed by atoms with Crippen LogP contribution in [-0.2, 0) is 19.0 Å². The monoisotopic (exact) mass is 292 g/mol. The van der Waals surface area contributed by atoms with E-state index in [-0.39, 0.29) is 6.42 Å². The molecule has 0 aliphatic heterocycles. The minimum atomic E-state index is -1.13. The number of alkyl halides is 1. The minimum Gasteiger partial charge on any atom is -0.469 e. The average molecular weight is 293 g/mol. The molecule has 2 atom stereocenters. The Morgan fingerprint density at radius 2 is 1.89 bits per heavy atom. The fraction of sp³-hybridized carbons (Fsp3) is 0.769. The van der Waals surface area contributed by atoms with Crippen LogP contribution in [0.15, 0.2) is 0 Å². The first kappa shape index (κ1) is 18.2. The molecule has 6 heteroatoms. The van der Waals surface area contributed by atoms with E-state index in [1.165, 1.54) is 21.3 Å². The number of hydrogen-bond donors (Lipinski definition) is 1. The van der Waals surface area contributed by atoms with Crippen molar-refractivity contribution in [1.82, 2.24) is 0 Å². The number of carbonyl (C=O) groups is 1. The van der Waals surface area contributed by atoms with Crippen molar-refractivity contribution >= 4 is 17.6 Å². The second kappa shape index (κ2) is 11.1. The van der Waals surface area contributed by atoms with Crippen LogP contribution in [0.3, 0.4) is 0 Å². The second-order valence-corrected chi connectivity index (χ2v) is 4.19. The predicted molar refractivity (Wildman–Crippen MR) is 71.7 cm³/mol. The molecule has 0 aromatic heterocycles. The molecule has 1 N–H and O–H groups in total. The van der Waals surface area contributed by atoms with Crippen molar-refractivity contribution in [2.75, 3.05) is 27.2 Å². The summed E-state index contributed by atoms with van der Waals surface area (Å²) in [5.74, 6) is 4.93. The number of hydrogen-bond acceptors (Lipinski definition) is 5. The highest BCUT2D eigenvalue weighted by Gasteiger charge is 2.33. The molecule has 0 heterocycles. The molecule has 0 aromatic rings. The largest absolute Gasteiger partial charge is 0.469 e. The number of ether oxygens (including phenoxy) is 3. The average Bonchev–Trinajstić information content (AvgIpc) is 2.43. The summed E-state index contributed by atoms with van der Waals surface area (Å²) in [7, 11) is 4.04. The minimum absolute atomic E-state index is 0.180. The summed E-state index contributed by atoms with van der Waals surface area (Å²) >= 11 is 5.53. The van der Waals surface area contributed by atoms with Gasteiger partial charge >= 0.3 is 5.97 Å². The van der Waals surface area contributed by atoms with Gasteiger partial charge in [-0.15, -0.1) is 23.4 Å². The SMILES string of the molecule is COC(=O)C(CC#CCCCCl)C(O)C(OC)OC. The van der Waals surface area contributed by atoms with Gasteiger partial charge in [-0.1, -0.05) is 0 Å². The topological polar surface area (TPSA) is 65.0 Å². The molecule has 0 spiro atoms. The van der Waals surface area contributed by atoms with Crippen molar-refractivity contribution < 1.29 is 24.1 Å². The molecule has 0 rings (SSSR count). The van der Waals surface area contributed by atoms with Gasteiger partial charge in [0.2, 0.25) is 0 Å². The number of unbranched alkanes of at least 4 members (excludes halogenated alkanes) is 1. The highest BCUT2D eigenvalue weighted by molar-refractivity contribution is 6.17. The van der Waals surface area contributed by atoms with Gasteiger partial charge in [0.25, 0.3) is 0 Å². The Labute approximate surface area is 119 Å². The van der Waals surface area contributed by atoms with Crippen molar-refractivity contribution in [2.24, 2.45) is 5.92 Å². The van der Waals surface area contributed by atoms with Crippen LogP contribution in [0.2, 0.25) is 0 Å². The fourth-order valence-corrected chi connectivity index (χ4v) is 1.62. The van der Waals surface area contributed by atoms with E-state index in [1.54, 1.807) is 0 Å². The lowest BCUT2D eigenvalue weighted by atomic mass is 9.98. The van der Waals surface area contributed by atoms with E-state index < -0.39 is 24.3 Å². The standard InChI is InChI=1S/C13H21ClO5/c1-17-12(16)10(8-6-4-5-7-9-14)11(15)13(18-2)19-3/h10-11,13,15H,5,7-9H2,1-3H3. The van der Waals surface area contributed by atoms with Crippen LogP contribution < -0.4 is 0 Å². The highest BCUT2D eigenvalue weighted by atomic mass is 35.5. The smallest absolute Gasteiger partial charge is 0.312 e. The van der Waals surface area contributed by atoms with Crippen LogP contribution in [0.4, 0.5) is 0 Å². The van der Waals surface area contributed by atoms with Crippen molar-refractivity contribution in [3.05, 3.63) is 0 Å². The molecular formula is C13H21ClO5. The van der Waals surface area contributed by atoms with Gasteiger partial charge in [0.15, 0.2) is 6.29 Å². The van der Waals surface area contributed by atoms with Crippen LogP contribution in [0.1, 0.15) is 19.3 Å². The summed E-state index contributed by atoms with van der Waals surface area (Å²) in [6, 6.07) is 0. The zero-order chi connectivity index (χ0) is 14.7. The highest BCUT2D eigenvalue weighted by Crippen LogP contribution is 2.16. The summed E-state index contributed by atoms with van der Waals surface area (Å²) < 4.78 is 14.5. The number of methoxy groups -OCH3 is 3. The van der Waals surface area contributed by atoms with Crippen LogP contribution in [0, 0.1) is 17.8 Å². The zero-order valence-corrected chi connectivity index (χ0v) is 12.3. The summed E-state index contributed by atoms with van der Waals surface area (Å²) in [6.07, 6.45) is -0.401. The third-order valence-corrected chi connectivity index (χ3v) is 2.81. The first-order valence-corrected chi connectivity index (χ1v) is 6.49. The maximum atomic E-state index is 11.6. The van der Waals surface area contributed by atoms with Gasteiger partial charge in [-0.2, -0.15) is 0 Å². The zero-order valence-electron chi connectivity index (χ0n) is 11.5. The number of halogens is 1. The van der Waals surface area contributed by atoms with E-state index in [0.29, 0.717) is 12.3 Å². The summed E-state index contributed by atoms with van der Waals surface area (Å²) in [5, 5.41) is 10.0. The van der Waals surface area contributed by atoms with E-state index in [2.05, 4.69) is 16.6 Å². The van der Waals surface area contributed by atoms with Crippen LogP contribution in [-0.4, -0.2) is 50.7 Å². The van der Waals surface area contributed by atoms with Crippen LogP contribution >= 0.6 is 11.6 Å². The van der Waals surface area contributed by atoms with Crippen molar-refractivity contribution in [3.63, 3.8) is 0 Å². The van der Waals surface area contributed by atoms with Crippen LogP contribution in [0.25, 0.3) is 0 Å². The van der Waals surface area contributed by atoms with Gasteiger partial charge in [0, 0.05) is 32.9 Å². The molecule has 110 valence electrons. The van der Waals surface area contributed by atoms with Crippen LogP contribution in [0.5, 0.6) is 0 Å². The van der Waals surface area contributed by atoms with E-state index in [4.69, 9.17) is 21.1 Å². The van der Waals surface area contributed by atoms with E-state index >= 15 is 0 Å². The quantitative estimate of drug-likeness (QED) is 0.239. The lowest BCUT2D eigenvalue weighted by Gasteiger charge is -2.25.